The van der Waals surface area contributed by atoms with Crippen molar-refractivity contribution in [3.05, 3.63) is 30.1 Å². The zero-order valence-corrected chi connectivity index (χ0v) is 14.7. The number of hydrogen-bond donors (Lipinski definition) is 1. The molecule has 0 aromatic carbocycles. The molecule has 0 radical (unpaired) electrons. The molecule has 1 saturated heterocycles. The van der Waals surface area contributed by atoms with Gasteiger partial charge in [-0.25, -0.2) is 12.7 Å². The molecule has 1 aliphatic heterocycles. The second-order valence-electron chi connectivity index (χ2n) is 6.33. The van der Waals surface area contributed by atoms with Gasteiger partial charge < -0.3 is 10.0 Å². The number of nitrogens with zero attached hydrogens (tertiary/aromatic N) is 3. The molecule has 1 aromatic rings. The lowest BCUT2D eigenvalue weighted by Gasteiger charge is -2.34. The highest BCUT2D eigenvalue weighted by molar-refractivity contribution is 7.89. The first-order valence-corrected chi connectivity index (χ1v) is 9.72. The Morgan fingerprint density at radius 3 is 2.61 bits per heavy atom. The Bertz CT molecular complexity index is 569. The maximum atomic E-state index is 11.7. The molecule has 0 unspecified atom stereocenters. The molecular formula is C16H27N3O3S. The molecule has 0 saturated carbocycles. The number of aliphatic hydroxyl groups is 1. The van der Waals surface area contributed by atoms with Crippen molar-refractivity contribution in [3.8, 4) is 0 Å². The Balaban J connectivity index is 1.74. The van der Waals surface area contributed by atoms with E-state index in [0.717, 1.165) is 38.2 Å². The average Bonchev–Trinajstić information content (AvgIpc) is 2.55. The summed E-state index contributed by atoms with van der Waals surface area (Å²) in [5.74, 6) is 0.419. The van der Waals surface area contributed by atoms with Crippen LogP contribution in [0.5, 0.6) is 0 Å². The molecule has 0 spiro atoms. The predicted octanol–water partition coefficient (Wildman–Crippen LogP) is 1.11. The second kappa shape index (κ2) is 8.19. The van der Waals surface area contributed by atoms with Crippen LogP contribution in [0, 0.1) is 5.92 Å². The van der Waals surface area contributed by atoms with Gasteiger partial charge in [0.05, 0.1) is 17.6 Å². The summed E-state index contributed by atoms with van der Waals surface area (Å²) in [5, 5.41) is 10.4. The fourth-order valence-electron chi connectivity index (χ4n) is 2.94. The minimum Gasteiger partial charge on any atom is -0.387 e. The zero-order chi connectivity index (χ0) is 16.9. The maximum Gasteiger partial charge on any atom is 0.213 e. The van der Waals surface area contributed by atoms with Crippen LogP contribution in [-0.2, 0) is 10.0 Å². The summed E-state index contributed by atoms with van der Waals surface area (Å²) in [6.07, 6.45) is 3.68. The van der Waals surface area contributed by atoms with Gasteiger partial charge in [0.15, 0.2) is 0 Å². The number of rotatable bonds is 7. The van der Waals surface area contributed by atoms with Gasteiger partial charge in [-0.1, -0.05) is 6.07 Å². The first-order chi connectivity index (χ1) is 10.9. The summed E-state index contributed by atoms with van der Waals surface area (Å²) in [6.45, 7) is 2.59. The monoisotopic (exact) mass is 341 g/mol. The van der Waals surface area contributed by atoms with Gasteiger partial charge in [-0.3, -0.25) is 4.98 Å². The fraction of sp³-hybridized carbons (Fsp3) is 0.688. The van der Waals surface area contributed by atoms with E-state index in [1.165, 1.54) is 4.31 Å². The molecule has 1 aromatic heterocycles. The Labute approximate surface area is 139 Å². The smallest absolute Gasteiger partial charge is 0.213 e. The second-order valence-corrected chi connectivity index (χ2v) is 8.63. The molecule has 1 N–H and O–H groups in total. The highest BCUT2D eigenvalue weighted by atomic mass is 32.2. The van der Waals surface area contributed by atoms with Gasteiger partial charge in [-0.15, -0.1) is 0 Å². The highest BCUT2D eigenvalue weighted by Gasteiger charge is 2.27. The summed E-state index contributed by atoms with van der Waals surface area (Å²) in [7, 11) is 0.0377. The normalized spacial score (nSPS) is 19.1. The predicted molar refractivity (Wildman–Crippen MR) is 90.5 cm³/mol. The lowest BCUT2D eigenvalue weighted by atomic mass is 9.89. The molecule has 2 heterocycles. The lowest BCUT2D eigenvalue weighted by Crippen LogP contribution is -2.37. The molecule has 7 heteroatoms. The van der Waals surface area contributed by atoms with Gasteiger partial charge in [0, 0.05) is 20.3 Å². The van der Waals surface area contributed by atoms with Crippen LogP contribution in [0.15, 0.2) is 24.4 Å². The number of aliphatic hydroxyl groups excluding tert-OH is 1. The van der Waals surface area contributed by atoms with Crippen molar-refractivity contribution in [1.29, 1.82) is 0 Å². The Morgan fingerprint density at radius 1 is 1.35 bits per heavy atom. The summed E-state index contributed by atoms with van der Waals surface area (Å²) >= 11 is 0. The minimum absolute atomic E-state index is 0.191. The van der Waals surface area contributed by atoms with Crippen molar-refractivity contribution in [2.24, 2.45) is 5.92 Å². The van der Waals surface area contributed by atoms with Crippen molar-refractivity contribution in [1.82, 2.24) is 14.2 Å². The van der Waals surface area contributed by atoms with Crippen LogP contribution >= 0.6 is 0 Å². The van der Waals surface area contributed by atoms with E-state index < -0.39 is 16.1 Å². The largest absolute Gasteiger partial charge is 0.387 e. The van der Waals surface area contributed by atoms with Crippen LogP contribution in [0.1, 0.15) is 31.1 Å². The van der Waals surface area contributed by atoms with Crippen molar-refractivity contribution in [3.63, 3.8) is 0 Å². The van der Waals surface area contributed by atoms with Gasteiger partial charge in [-0.05, 0) is 56.9 Å². The number of sulfonamides is 1. The van der Waals surface area contributed by atoms with Gasteiger partial charge in [0.1, 0.15) is 0 Å². The molecule has 6 nitrogen and oxygen atoms in total. The van der Waals surface area contributed by atoms with Gasteiger partial charge in [0.2, 0.25) is 10.0 Å². The number of piperidine rings is 1. The van der Waals surface area contributed by atoms with Crippen LogP contribution in [0.4, 0.5) is 0 Å². The van der Waals surface area contributed by atoms with Crippen molar-refractivity contribution >= 4 is 10.0 Å². The van der Waals surface area contributed by atoms with E-state index in [1.54, 1.807) is 20.3 Å². The zero-order valence-electron chi connectivity index (χ0n) is 13.9. The van der Waals surface area contributed by atoms with E-state index in [1.807, 2.05) is 18.2 Å². The van der Waals surface area contributed by atoms with Gasteiger partial charge in [0.25, 0.3) is 0 Å². The molecule has 1 fully saturated rings. The number of hydrogen-bond acceptors (Lipinski definition) is 5. The van der Waals surface area contributed by atoms with E-state index in [0.29, 0.717) is 6.42 Å². The Hall–Kier alpha value is -1.02. The van der Waals surface area contributed by atoms with Gasteiger partial charge >= 0.3 is 0 Å². The summed E-state index contributed by atoms with van der Waals surface area (Å²) < 4.78 is 24.8. The van der Waals surface area contributed by atoms with E-state index in [4.69, 9.17) is 0 Å². The van der Waals surface area contributed by atoms with E-state index in [2.05, 4.69) is 9.88 Å². The molecule has 1 atom stereocenters. The van der Waals surface area contributed by atoms with Crippen molar-refractivity contribution in [2.75, 3.05) is 39.5 Å². The minimum atomic E-state index is -3.10. The van der Waals surface area contributed by atoms with E-state index >= 15 is 0 Å². The molecule has 2 rings (SSSR count). The lowest BCUT2D eigenvalue weighted by molar-refractivity contribution is 0.0561. The molecule has 0 amide bonds. The molecule has 130 valence electrons. The van der Waals surface area contributed by atoms with Crippen molar-refractivity contribution in [2.45, 2.75) is 25.4 Å². The molecule has 0 aliphatic carbocycles. The van der Waals surface area contributed by atoms with Gasteiger partial charge in [-0.2, -0.15) is 0 Å². The first kappa shape index (κ1) is 18.3. The Kier molecular flexibility index (Phi) is 6.52. The van der Waals surface area contributed by atoms with Crippen LogP contribution in [0.3, 0.4) is 0 Å². The van der Waals surface area contributed by atoms with Crippen LogP contribution < -0.4 is 0 Å². The van der Waals surface area contributed by atoms with Crippen LogP contribution in [-0.4, -0.2) is 67.2 Å². The Morgan fingerprint density at radius 2 is 2.04 bits per heavy atom. The third-order valence-electron chi connectivity index (χ3n) is 4.50. The highest BCUT2D eigenvalue weighted by Crippen LogP contribution is 2.29. The molecular weight excluding hydrogens is 314 g/mol. The van der Waals surface area contributed by atoms with Crippen LogP contribution in [0.2, 0.25) is 0 Å². The number of aromatic nitrogens is 1. The molecule has 0 bridgehead atoms. The topological polar surface area (TPSA) is 73.7 Å². The average molecular weight is 341 g/mol. The SMILES string of the molecule is CN(C)S(=O)(=O)CCCN1CCC([C@H](O)c2ccccn2)CC1. The standard InChI is InChI=1S/C16H27N3O3S/c1-18(2)23(21,22)13-5-10-19-11-7-14(8-12-19)16(20)15-6-3-4-9-17-15/h3-4,6,9,14,16,20H,5,7-8,10-13H2,1-2H3/t16-/m0/s1. The van der Waals surface area contributed by atoms with Crippen molar-refractivity contribution < 1.29 is 13.5 Å². The van der Waals surface area contributed by atoms with E-state index in [9.17, 15) is 13.5 Å². The summed E-state index contributed by atoms with van der Waals surface area (Å²) in [5.41, 5.74) is 0.739. The molecule has 23 heavy (non-hydrogen) atoms. The third-order valence-corrected chi connectivity index (χ3v) is 6.42. The summed E-state index contributed by atoms with van der Waals surface area (Å²) in [6, 6.07) is 5.61. The summed E-state index contributed by atoms with van der Waals surface area (Å²) in [4.78, 5) is 6.52. The quantitative estimate of drug-likeness (QED) is 0.804. The van der Waals surface area contributed by atoms with Crippen LogP contribution in [0.25, 0.3) is 0 Å². The third kappa shape index (κ3) is 5.24. The number of likely N-dealkylation sites (tertiary alicyclic amines) is 1. The fourth-order valence-corrected chi connectivity index (χ4v) is 3.80. The number of pyridine rings is 1. The first-order valence-electron chi connectivity index (χ1n) is 8.11. The molecule has 1 aliphatic rings. The maximum absolute atomic E-state index is 11.7. The van der Waals surface area contributed by atoms with E-state index in [-0.39, 0.29) is 11.7 Å².